The molecule has 0 amide bonds. The van der Waals surface area contributed by atoms with E-state index in [1.54, 1.807) is 23.5 Å². The Morgan fingerprint density at radius 1 is 0.909 bits per heavy atom. The zero-order valence-electron chi connectivity index (χ0n) is 12.9. The molecule has 3 aliphatic heterocycles. The number of carbonyl (C=O) groups is 2. The molecule has 0 saturated carbocycles. The standard InChI is InChI=1S/C14H22N2O4S2/c1-3-19-13(17)9-7-21-11-12-16(6-5-15(9)11)10(8-22-12)14(18)20-4-2/h9-12H,3-8H2,1-2H3/t9-,10-,11-,12+/m0/s1. The van der Waals surface area contributed by atoms with Crippen LogP contribution in [0.1, 0.15) is 13.8 Å². The van der Waals surface area contributed by atoms with E-state index in [1.807, 2.05) is 13.8 Å². The van der Waals surface area contributed by atoms with Crippen LogP contribution in [0.5, 0.6) is 0 Å². The van der Waals surface area contributed by atoms with Crippen molar-refractivity contribution in [1.82, 2.24) is 9.80 Å². The summed E-state index contributed by atoms with van der Waals surface area (Å²) in [7, 11) is 0. The molecule has 0 aromatic rings. The highest BCUT2D eigenvalue weighted by molar-refractivity contribution is 8.04. The van der Waals surface area contributed by atoms with Crippen LogP contribution in [0.25, 0.3) is 0 Å². The second-order valence-electron chi connectivity index (χ2n) is 5.46. The van der Waals surface area contributed by atoms with Crippen molar-refractivity contribution in [3.05, 3.63) is 0 Å². The van der Waals surface area contributed by atoms with Crippen molar-refractivity contribution in [1.29, 1.82) is 0 Å². The van der Waals surface area contributed by atoms with Gasteiger partial charge in [0.1, 0.15) is 12.1 Å². The lowest BCUT2D eigenvalue weighted by Gasteiger charge is -2.42. The average Bonchev–Trinajstić information content (AvgIpc) is 3.11. The number of ether oxygens (including phenoxy) is 2. The van der Waals surface area contributed by atoms with Gasteiger partial charge in [-0.2, -0.15) is 0 Å². The summed E-state index contributed by atoms with van der Waals surface area (Å²) in [4.78, 5) is 28.7. The van der Waals surface area contributed by atoms with E-state index in [0.717, 1.165) is 24.6 Å². The molecular formula is C14H22N2O4S2. The highest BCUT2D eigenvalue weighted by atomic mass is 32.2. The minimum atomic E-state index is -0.139. The molecule has 0 aromatic heterocycles. The molecule has 0 N–H and O–H groups in total. The molecule has 3 heterocycles. The Morgan fingerprint density at radius 2 is 1.32 bits per heavy atom. The van der Waals surface area contributed by atoms with Crippen molar-refractivity contribution in [2.45, 2.75) is 36.7 Å². The molecule has 8 heteroatoms. The molecule has 3 aliphatic rings. The SMILES string of the molecule is CCOC(=O)[C@@H]1CS[C@@H]2[C@@H]3SC[C@@H](C(=O)OCC)N3CCN21. The summed E-state index contributed by atoms with van der Waals surface area (Å²) in [5.41, 5.74) is 0. The molecule has 0 spiro atoms. The van der Waals surface area contributed by atoms with E-state index in [9.17, 15) is 9.59 Å². The average molecular weight is 346 g/mol. The Morgan fingerprint density at radius 3 is 1.68 bits per heavy atom. The van der Waals surface area contributed by atoms with Crippen LogP contribution in [0.4, 0.5) is 0 Å². The number of hydrogen-bond donors (Lipinski definition) is 0. The van der Waals surface area contributed by atoms with Gasteiger partial charge in [0.05, 0.1) is 24.0 Å². The van der Waals surface area contributed by atoms with Gasteiger partial charge in [0.25, 0.3) is 0 Å². The Kier molecular flexibility index (Phi) is 5.21. The van der Waals surface area contributed by atoms with Gasteiger partial charge in [0, 0.05) is 24.6 Å². The van der Waals surface area contributed by atoms with Crippen molar-refractivity contribution >= 4 is 35.5 Å². The summed E-state index contributed by atoms with van der Waals surface area (Å²) >= 11 is 3.61. The van der Waals surface area contributed by atoms with E-state index in [1.165, 1.54) is 0 Å². The van der Waals surface area contributed by atoms with Gasteiger partial charge in [-0.25, -0.2) is 0 Å². The molecule has 3 saturated heterocycles. The van der Waals surface area contributed by atoms with E-state index >= 15 is 0 Å². The largest absolute Gasteiger partial charge is 0.465 e. The summed E-state index contributed by atoms with van der Waals surface area (Å²) < 4.78 is 10.4. The van der Waals surface area contributed by atoms with Crippen LogP contribution in [0.3, 0.4) is 0 Å². The van der Waals surface area contributed by atoms with E-state index in [2.05, 4.69) is 9.80 Å². The fourth-order valence-electron chi connectivity index (χ4n) is 3.29. The summed E-state index contributed by atoms with van der Waals surface area (Å²) in [6, 6.07) is -0.279. The third kappa shape index (κ3) is 2.86. The first-order chi connectivity index (χ1) is 10.7. The number of fused-ring (bicyclic) bond motifs is 3. The van der Waals surface area contributed by atoms with E-state index in [-0.39, 0.29) is 34.8 Å². The second-order valence-corrected chi connectivity index (χ2v) is 7.76. The van der Waals surface area contributed by atoms with Crippen LogP contribution in [0.2, 0.25) is 0 Å². The maximum Gasteiger partial charge on any atom is 0.324 e. The monoisotopic (exact) mass is 346 g/mol. The van der Waals surface area contributed by atoms with Crippen molar-refractivity contribution in [2.75, 3.05) is 37.8 Å². The third-order valence-electron chi connectivity index (χ3n) is 4.28. The Labute approximate surface area is 139 Å². The Bertz CT molecular complexity index is 411. The zero-order valence-corrected chi connectivity index (χ0v) is 14.5. The lowest BCUT2D eigenvalue weighted by molar-refractivity contribution is -0.152. The first kappa shape index (κ1) is 16.4. The van der Waals surface area contributed by atoms with Crippen molar-refractivity contribution in [3.63, 3.8) is 0 Å². The molecule has 0 aliphatic carbocycles. The summed E-state index contributed by atoms with van der Waals surface area (Å²) in [6.45, 7) is 6.13. The molecule has 22 heavy (non-hydrogen) atoms. The maximum absolute atomic E-state index is 12.1. The van der Waals surface area contributed by atoms with Crippen LogP contribution in [-0.2, 0) is 19.1 Å². The number of nitrogens with zero attached hydrogens (tertiary/aromatic N) is 2. The van der Waals surface area contributed by atoms with Crippen LogP contribution in [0, 0.1) is 0 Å². The fourth-order valence-corrected chi connectivity index (χ4v) is 6.71. The second kappa shape index (κ2) is 6.98. The van der Waals surface area contributed by atoms with Crippen LogP contribution in [-0.4, -0.2) is 82.4 Å². The van der Waals surface area contributed by atoms with Gasteiger partial charge in [-0.05, 0) is 13.8 Å². The highest BCUT2D eigenvalue weighted by Crippen LogP contribution is 2.44. The summed E-state index contributed by atoms with van der Waals surface area (Å²) in [5, 5.41) is 0.514. The topological polar surface area (TPSA) is 59.1 Å². The molecule has 0 unspecified atom stereocenters. The third-order valence-corrected chi connectivity index (χ3v) is 7.21. The van der Waals surface area contributed by atoms with Gasteiger partial charge in [-0.3, -0.25) is 19.4 Å². The number of piperazine rings is 1. The van der Waals surface area contributed by atoms with Gasteiger partial charge < -0.3 is 9.47 Å². The van der Waals surface area contributed by atoms with E-state index < -0.39 is 0 Å². The molecule has 6 nitrogen and oxygen atoms in total. The zero-order chi connectivity index (χ0) is 15.7. The molecule has 4 atom stereocenters. The first-order valence-corrected chi connectivity index (χ1v) is 9.85. The number of thioether (sulfide) groups is 2. The van der Waals surface area contributed by atoms with Crippen molar-refractivity contribution in [2.24, 2.45) is 0 Å². The van der Waals surface area contributed by atoms with Crippen LogP contribution in [0.15, 0.2) is 0 Å². The lowest BCUT2D eigenvalue weighted by atomic mass is 10.2. The minimum Gasteiger partial charge on any atom is -0.465 e. The summed E-state index contributed by atoms with van der Waals surface area (Å²) in [6.07, 6.45) is 0. The van der Waals surface area contributed by atoms with Crippen molar-refractivity contribution in [3.8, 4) is 0 Å². The van der Waals surface area contributed by atoms with E-state index in [4.69, 9.17) is 9.47 Å². The van der Waals surface area contributed by atoms with Crippen LogP contribution < -0.4 is 0 Å². The molecular weight excluding hydrogens is 324 g/mol. The van der Waals surface area contributed by atoms with Crippen molar-refractivity contribution < 1.29 is 19.1 Å². The number of rotatable bonds is 4. The normalized spacial score (nSPS) is 35.0. The Balaban J connectivity index is 1.67. The first-order valence-electron chi connectivity index (χ1n) is 7.75. The molecule has 0 bridgehead atoms. The fraction of sp³-hybridized carbons (Fsp3) is 0.857. The van der Waals surface area contributed by atoms with Gasteiger partial charge in [0.2, 0.25) is 0 Å². The quantitative estimate of drug-likeness (QED) is 0.687. The van der Waals surface area contributed by atoms with E-state index in [0.29, 0.717) is 13.2 Å². The molecule has 0 aromatic carbocycles. The van der Waals surface area contributed by atoms with Gasteiger partial charge in [-0.15, -0.1) is 23.5 Å². The molecule has 3 rings (SSSR count). The lowest BCUT2D eigenvalue weighted by Crippen LogP contribution is -2.59. The number of carbonyl (C=O) groups excluding carboxylic acids is 2. The number of esters is 2. The molecule has 3 fully saturated rings. The van der Waals surface area contributed by atoms with Crippen LogP contribution >= 0.6 is 23.5 Å². The minimum absolute atomic E-state index is 0.115. The smallest absolute Gasteiger partial charge is 0.324 e. The number of hydrogen-bond acceptors (Lipinski definition) is 8. The van der Waals surface area contributed by atoms with Gasteiger partial charge in [-0.1, -0.05) is 0 Å². The molecule has 0 radical (unpaired) electrons. The molecule has 124 valence electrons. The maximum atomic E-state index is 12.1. The Hall–Kier alpha value is -0.440. The predicted octanol–water partition coefficient (Wildman–Crippen LogP) is 0.613. The van der Waals surface area contributed by atoms with Gasteiger partial charge >= 0.3 is 11.9 Å². The van der Waals surface area contributed by atoms with Gasteiger partial charge in [0.15, 0.2) is 0 Å². The summed E-state index contributed by atoms with van der Waals surface area (Å²) in [5.74, 6) is 1.32. The highest BCUT2D eigenvalue weighted by Gasteiger charge is 2.52. The predicted molar refractivity (Wildman–Crippen MR) is 86.7 cm³/mol.